The molecule has 0 unspecified atom stereocenters. The SMILES string of the molecule is CNC1CCC(N(C)CC(=O)NCCCOC(C)C)CC1. The Hall–Kier alpha value is -0.650. The molecule has 0 aromatic carbocycles. The maximum Gasteiger partial charge on any atom is 0.234 e. The Bertz CT molecular complexity index is 289. The van der Waals surface area contributed by atoms with E-state index in [0.29, 0.717) is 31.8 Å². The Morgan fingerprint density at radius 3 is 2.52 bits per heavy atom. The molecule has 0 saturated heterocycles. The molecule has 21 heavy (non-hydrogen) atoms. The number of amides is 1. The van der Waals surface area contributed by atoms with Gasteiger partial charge in [0.05, 0.1) is 12.6 Å². The largest absolute Gasteiger partial charge is 0.379 e. The van der Waals surface area contributed by atoms with Crippen LogP contribution in [-0.4, -0.2) is 62.8 Å². The van der Waals surface area contributed by atoms with E-state index in [1.165, 1.54) is 25.7 Å². The van der Waals surface area contributed by atoms with Gasteiger partial charge in [-0.05, 0) is 60.0 Å². The number of carbonyl (C=O) groups is 1. The normalized spacial score (nSPS) is 22.8. The van der Waals surface area contributed by atoms with Crippen LogP contribution in [0.3, 0.4) is 0 Å². The van der Waals surface area contributed by atoms with Crippen molar-refractivity contribution in [1.82, 2.24) is 15.5 Å². The van der Waals surface area contributed by atoms with E-state index >= 15 is 0 Å². The van der Waals surface area contributed by atoms with Crippen molar-refractivity contribution < 1.29 is 9.53 Å². The lowest BCUT2D eigenvalue weighted by Crippen LogP contribution is -2.44. The first-order chi connectivity index (χ1) is 10.0. The van der Waals surface area contributed by atoms with Crippen LogP contribution in [0.5, 0.6) is 0 Å². The lowest BCUT2D eigenvalue weighted by atomic mass is 9.90. The molecular formula is C16H33N3O2. The van der Waals surface area contributed by atoms with Gasteiger partial charge in [-0.1, -0.05) is 0 Å². The second kappa shape index (κ2) is 10.1. The van der Waals surface area contributed by atoms with E-state index in [1.807, 2.05) is 20.9 Å². The molecule has 0 spiro atoms. The average Bonchev–Trinajstić information content (AvgIpc) is 2.46. The smallest absolute Gasteiger partial charge is 0.234 e. The molecule has 0 heterocycles. The van der Waals surface area contributed by atoms with Crippen molar-refractivity contribution in [3.8, 4) is 0 Å². The summed E-state index contributed by atoms with van der Waals surface area (Å²) < 4.78 is 5.45. The van der Waals surface area contributed by atoms with Gasteiger partial charge in [0.1, 0.15) is 0 Å². The highest BCUT2D eigenvalue weighted by atomic mass is 16.5. The minimum atomic E-state index is 0.123. The summed E-state index contributed by atoms with van der Waals surface area (Å²) in [4.78, 5) is 14.1. The second-order valence-electron chi connectivity index (χ2n) is 6.33. The minimum absolute atomic E-state index is 0.123. The molecular weight excluding hydrogens is 266 g/mol. The molecule has 5 heteroatoms. The Balaban J connectivity index is 2.10. The van der Waals surface area contributed by atoms with Crippen LogP contribution in [0.2, 0.25) is 0 Å². The molecule has 0 atom stereocenters. The molecule has 0 aromatic heterocycles. The van der Waals surface area contributed by atoms with Crippen LogP contribution in [0.4, 0.5) is 0 Å². The first-order valence-electron chi connectivity index (χ1n) is 8.28. The highest BCUT2D eigenvalue weighted by Crippen LogP contribution is 2.21. The van der Waals surface area contributed by atoms with Gasteiger partial charge in [0.15, 0.2) is 0 Å². The van der Waals surface area contributed by atoms with Crippen LogP contribution in [0, 0.1) is 0 Å². The fourth-order valence-corrected chi connectivity index (χ4v) is 2.84. The van der Waals surface area contributed by atoms with E-state index < -0.39 is 0 Å². The van der Waals surface area contributed by atoms with Crippen molar-refractivity contribution in [2.75, 3.05) is 33.8 Å². The zero-order valence-electron chi connectivity index (χ0n) is 14.2. The number of ether oxygens (including phenoxy) is 1. The van der Waals surface area contributed by atoms with Gasteiger partial charge in [-0.3, -0.25) is 9.69 Å². The lowest BCUT2D eigenvalue weighted by molar-refractivity contribution is -0.122. The van der Waals surface area contributed by atoms with Crippen LogP contribution in [0.15, 0.2) is 0 Å². The topological polar surface area (TPSA) is 53.6 Å². The molecule has 0 aliphatic heterocycles. The molecule has 124 valence electrons. The molecule has 1 amide bonds. The molecule has 5 nitrogen and oxygen atoms in total. The summed E-state index contributed by atoms with van der Waals surface area (Å²) >= 11 is 0. The predicted molar refractivity (Wildman–Crippen MR) is 86.4 cm³/mol. The van der Waals surface area contributed by atoms with E-state index in [2.05, 4.69) is 22.6 Å². The summed E-state index contributed by atoms with van der Waals surface area (Å²) in [5.41, 5.74) is 0. The van der Waals surface area contributed by atoms with Crippen molar-refractivity contribution in [3.63, 3.8) is 0 Å². The molecule has 1 rings (SSSR count). The highest BCUT2D eigenvalue weighted by molar-refractivity contribution is 5.77. The van der Waals surface area contributed by atoms with Gasteiger partial charge < -0.3 is 15.4 Å². The van der Waals surface area contributed by atoms with Crippen LogP contribution in [-0.2, 0) is 9.53 Å². The van der Waals surface area contributed by atoms with Gasteiger partial charge in [0.25, 0.3) is 0 Å². The number of hydrogen-bond donors (Lipinski definition) is 2. The van der Waals surface area contributed by atoms with Crippen LogP contribution < -0.4 is 10.6 Å². The zero-order chi connectivity index (χ0) is 15.7. The predicted octanol–water partition coefficient (Wildman–Crippen LogP) is 1.38. The molecule has 1 saturated carbocycles. The third-order valence-electron chi connectivity index (χ3n) is 4.22. The molecule has 0 bridgehead atoms. The van der Waals surface area contributed by atoms with Crippen LogP contribution in [0.1, 0.15) is 46.0 Å². The van der Waals surface area contributed by atoms with Crippen molar-refractivity contribution in [2.24, 2.45) is 0 Å². The molecule has 0 radical (unpaired) electrons. The van der Waals surface area contributed by atoms with E-state index in [0.717, 1.165) is 6.42 Å². The monoisotopic (exact) mass is 299 g/mol. The first kappa shape index (κ1) is 18.4. The molecule has 0 aromatic rings. The summed E-state index contributed by atoms with van der Waals surface area (Å²) in [5, 5.41) is 6.32. The maximum absolute atomic E-state index is 11.9. The second-order valence-corrected chi connectivity index (χ2v) is 6.33. The van der Waals surface area contributed by atoms with Gasteiger partial charge in [-0.15, -0.1) is 0 Å². The highest BCUT2D eigenvalue weighted by Gasteiger charge is 2.23. The Labute approximate surface area is 129 Å². The van der Waals surface area contributed by atoms with Crippen molar-refractivity contribution in [1.29, 1.82) is 0 Å². The van der Waals surface area contributed by atoms with Crippen molar-refractivity contribution in [3.05, 3.63) is 0 Å². The Morgan fingerprint density at radius 1 is 1.29 bits per heavy atom. The Kier molecular flexibility index (Phi) is 8.88. The summed E-state index contributed by atoms with van der Waals surface area (Å²) in [6.07, 6.45) is 5.91. The fraction of sp³-hybridized carbons (Fsp3) is 0.938. The standard InChI is InChI=1S/C16H33N3O2/c1-13(2)21-11-5-10-18-16(20)12-19(4)15-8-6-14(17-3)7-9-15/h13-15,17H,5-12H2,1-4H3,(H,18,20). The summed E-state index contributed by atoms with van der Waals surface area (Å²) in [7, 11) is 4.09. The molecule has 2 N–H and O–H groups in total. The number of carbonyl (C=O) groups excluding carboxylic acids is 1. The average molecular weight is 299 g/mol. The van der Waals surface area contributed by atoms with Gasteiger partial charge in [-0.25, -0.2) is 0 Å². The molecule has 1 aliphatic rings. The summed E-state index contributed by atoms with van der Waals surface area (Å²) in [6, 6.07) is 1.20. The minimum Gasteiger partial charge on any atom is -0.379 e. The number of nitrogens with one attached hydrogen (secondary N) is 2. The Morgan fingerprint density at radius 2 is 1.95 bits per heavy atom. The number of likely N-dealkylation sites (N-methyl/N-ethyl adjacent to an activating group) is 1. The van der Waals surface area contributed by atoms with Crippen molar-refractivity contribution >= 4 is 5.91 Å². The maximum atomic E-state index is 11.9. The van der Waals surface area contributed by atoms with Crippen LogP contribution >= 0.6 is 0 Å². The van der Waals surface area contributed by atoms with Gasteiger partial charge in [0.2, 0.25) is 5.91 Å². The molecule has 1 fully saturated rings. The zero-order valence-corrected chi connectivity index (χ0v) is 14.2. The molecule has 1 aliphatic carbocycles. The summed E-state index contributed by atoms with van der Waals surface area (Å²) in [5.74, 6) is 0.123. The number of rotatable bonds is 9. The lowest BCUT2D eigenvalue weighted by Gasteiger charge is -2.34. The van der Waals surface area contributed by atoms with Gasteiger partial charge >= 0.3 is 0 Å². The van der Waals surface area contributed by atoms with Gasteiger partial charge in [-0.2, -0.15) is 0 Å². The van der Waals surface area contributed by atoms with Gasteiger partial charge in [0, 0.05) is 25.2 Å². The van der Waals surface area contributed by atoms with E-state index in [1.54, 1.807) is 0 Å². The third kappa shape index (κ3) is 7.79. The van der Waals surface area contributed by atoms with E-state index in [9.17, 15) is 4.79 Å². The number of nitrogens with zero attached hydrogens (tertiary/aromatic N) is 1. The van der Waals surface area contributed by atoms with Crippen LogP contribution in [0.25, 0.3) is 0 Å². The fourth-order valence-electron chi connectivity index (χ4n) is 2.84. The first-order valence-corrected chi connectivity index (χ1v) is 8.28. The van der Waals surface area contributed by atoms with Crippen molar-refractivity contribution in [2.45, 2.75) is 64.1 Å². The van der Waals surface area contributed by atoms with E-state index in [-0.39, 0.29) is 12.0 Å². The summed E-state index contributed by atoms with van der Waals surface area (Å²) in [6.45, 7) is 5.96. The third-order valence-corrected chi connectivity index (χ3v) is 4.22. The van der Waals surface area contributed by atoms with E-state index in [4.69, 9.17) is 4.74 Å². The quantitative estimate of drug-likeness (QED) is 0.632. The number of hydrogen-bond acceptors (Lipinski definition) is 4.